The fourth-order valence-corrected chi connectivity index (χ4v) is 2.63. The molecule has 1 heterocycles. The van der Waals surface area contributed by atoms with Gasteiger partial charge in [0.25, 0.3) is 5.91 Å². The lowest BCUT2D eigenvalue weighted by Crippen LogP contribution is -2.25. The molecule has 0 aliphatic carbocycles. The van der Waals surface area contributed by atoms with Crippen molar-refractivity contribution in [1.82, 2.24) is 9.88 Å². The number of hydrogen-bond donors (Lipinski definition) is 2. The Kier molecular flexibility index (Phi) is 5.38. The van der Waals surface area contributed by atoms with Crippen LogP contribution in [0.1, 0.15) is 29.9 Å². The summed E-state index contributed by atoms with van der Waals surface area (Å²) in [4.78, 5) is 23.3. The molecule has 6 heteroatoms. The summed E-state index contributed by atoms with van der Waals surface area (Å²) in [6.07, 6.45) is 1.88. The summed E-state index contributed by atoms with van der Waals surface area (Å²) in [5.41, 5.74) is 2.26. The van der Waals surface area contributed by atoms with Crippen LogP contribution in [-0.4, -0.2) is 16.4 Å². The van der Waals surface area contributed by atoms with Crippen molar-refractivity contribution in [1.29, 1.82) is 0 Å². The second-order valence-corrected chi connectivity index (χ2v) is 5.81. The van der Waals surface area contributed by atoms with E-state index in [2.05, 4.69) is 26.6 Å². The van der Waals surface area contributed by atoms with Gasteiger partial charge in [0, 0.05) is 36.4 Å². The van der Waals surface area contributed by atoms with E-state index in [4.69, 9.17) is 0 Å². The quantitative estimate of drug-likeness (QED) is 0.856. The van der Waals surface area contributed by atoms with Gasteiger partial charge in [0.15, 0.2) is 0 Å². The second kappa shape index (κ2) is 7.26. The minimum atomic E-state index is -0.127. The molecule has 2 rings (SSSR count). The molecule has 0 aliphatic rings. The summed E-state index contributed by atoms with van der Waals surface area (Å²) in [6, 6.07) is 9.20. The van der Waals surface area contributed by atoms with Crippen molar-refractivity contribution in [2.24, 2.45) is 0 Å². The molecule has 0 spiro atoms. The third-order valence-corrected chi connectivity index (χ3v) is 3.57. The number of rotatable bonds is 5. The van der Waals surface area contributed by atoms with Crippen LogP contribution in [0.25, 0.3) is 0 Å². The zero-order valence-corrected chi connectivity index (χ0v) is 14.1. The molecule has 0 atom stereocenters. The molecule has 1 aromatic heterocycles. The highest BCUT2D eigenvalue weighted by atomic mass is 79.9. The summed E-state index contributed by atoms with van der Waals surface area (Å²) in [5.74, 6) is -0.246. The molecule has 2 amide bonds. The van der Waals surface area contributed by atoms with Gasteiger partial charge in [-0.25, -0.2) is 0 Å². The number of nitrogens with one attached hydrogen (secondary N) is 2. The highest BCUT2D eigenvalue weighted by Crippen LogP contribution is 2.15. The fraction of sp³-hybridized carbons (Fsp3) is 0.250. The first kappa shape index (κ1) is 16.3. The molecule has 0 saturated carbocycles. The number of aromatic nitrogens is 1. The van der Waals surface area contributed by atoms with Gasteiger partial charge in [-0.05, 0) is 46.6 Å². The normalized spacial score (nSPS) is 10.3. The van der Waals surface area contributed by atoms with Crippen LogP contribution in [0, 0.1) is 0 Å². The van der Waals surface area contributed by atoms with Crippen LogP contribution < -0.4 is 10.6 Å². The van der Waals surface area contributed by atoms with E-state index < -0.39 is 0 Å². The molecule has 0 fully saturated rings. The number of hydrogen-bond acceptors (Lipinski definition) is 2. The highest BCUT2D eigenvalue weighted by molar-refractivity contribution is 9.10. The van der Waals surface area contributed by atoms with Gasteiger partial charge in [-0.2, -0.15) is 0 Å². The molecule has 0 saturated heterocycles. The van der Waals surface area contributed by atoms with Crippen LogP contribution in [0.2, 0.25) is 0 Å². The number of aryl methyl sites for hydroxylation is 1. The predicted molar refractivity (Wildman–Crippen MR) is 89.7 cm³/mol. The molecule has 2 aromatic rings. The Morgan fingerprint density at radius 2 is 2.05 bits per heavy atom. The lowest BCUT2D eigenvalue weighted by atomic mass is 10.2. The Morgan fingerprint density at radius 1 is 1.27 bits per heavy atom. The average molecular weight is 364 g/mol. The number of amides is 2. The standard InChI is InChI=1S/C16H18BrN3O2/c1-3-20-10-13(17)8-15(20)16(22)18-9-12-5-4-6-14(7-12)19-11(2)21/h4-8,10H,3,9H2,1-2H3,(H,18,22)(H,19,21). The lowest BCUT2D eigenvalue weighted by molar-refractivity contribution is -0.114. The predicted octanol–water partition coefficient (Wildman–Crippen LogP) is 3.16. The van der Waals surface area contributed by atoms with Gasteiger partial charge < -0.3 is 15.2 Å². The van der Waals surface area contributed by atoms with Crippen molar-refractivity contribution in [3.63, 3.8) is 0 Å². The number of carbonyl (C=O) groups excluding carboxylic acids is 2. The largest absolute Gasteiger partial charge is 0.347 e. The van der Waals surface area contributed by atoms with Crippen molar-refractivity contribution >= 4 is 33.4 Å². The molecule has 0 aliphatic heterocycles. The van der Waals surface area contributed by atoms with E-state index in [-0.39, 0.29) is 11.8 Å². The monoisotopic (exact) mass is 363 g/mol. The van der Waals surface area contributed by atoms with E-state index in [1.807, 2.05) is 42.0 Å². The molecule has 5 nitrogen and oxygen atoms in total. The maximum absolute atomic E-state index is 12.3. The van der Waals surface area contributed by atoms with Crippen LogP contribution >= 0.6 is 15.9 Å². The smallest absolute Gasteiger partial charge is 0.268 e. The van der Waals surface area contributed by atoms with E-state index in [1.165, 1.54) is 6.92 Å². The summed E-state index contributed by atoms with van der Waals surface area (Å²) in [6.45, 7) is 4.58. The molecule has 2 N–H and O–H groups in total. The van der Waals surface area contributed by atoms with Crippen molar-refractivity contribution in [3.05, 3.63) is 52.3 Å². The second-order valence-electron chi connectivity index (χ2n) is 4.89. The van der Waals surface area contributed by atoms with Crippen LogP contribution in [0.15, 0.2) is 41.0 Å². The van der Waals surface area contributed by atoms with Gasteiger partial charge in [0.2, 0.25) is 5.91 Å². The molecule has 0 bridgehead atoms. The van der Waals surface area contributed by atoms with Crippen LogP contribution in [0.4, 0.5) is 5.69 Å². The summed E-state index contributed by atoms with van der Waals surface area (Å²) < 4.78 is 2.76. The molecule has 1 aromatic carbocycles. The zero-order valence-electron chi connectivity index (χ0n) is 12.5. The molecular formula is C16H18BrN3O2. The first-order chi connectivity index (χ1) is 10.5. The Bertz CT molecular complexity index is 694. The average Bonchev–Trinajstić information content (AvgIpc) is 2.85. The minimum Gasteiger partial charge on any atom is -0.347 e. The van der Waals surface area contributed by atoms with E-state index in [1.54, 1.807) is 6.07 Å². The van der Waals surface area contributed by atoms with E-state index >= 15 is 0 Å². The molecule has 0 radical (unpaired) electrons. The summed E-state index contributed by atoms with van der Waals surface area (Å²) >= 11 is 3.38. The Balaban J connectivity index is 2.03. The first-order valence-electron chi connectivity index (χ1n) is 7.00. The number of halogens is 1. The van der Waals surface area contributed by atoms with Crippen LogP contribution in [0.5, 0.6) is 0 Å². The number of anilines is 1. The Labute approximate surface area is 137 Å². The van der Waals surface area contributed by atoms with E-state index in [0.29, 0.717) is 12.2 Å². The van der Waals surface area contributed by atoms with Crippen molar-refractivity contribution in [2.45, 2.75) is 26.9 Å². The SMILES string of the molecule is CCn1cc(Br)cc1C(=O)NCc1cccc(NC(C)=O)c1. The zero-order chi connectivity index (χ0) is 16.1. The summed E-state index contributed by atoms with van der Waals surface area (Å²) in [7, 11) is 0. The number of benzene rings is 1. The number of nitrogens with zero attached hydrogens (tertiary/aromatic N) is 1. The van der Waals surface area contributed by atoms with Gasteiger partial charge in [-0.1, -0.05) is 12.1 Å². The van der Waals surface area contributed by atoms with E-state index in [9.17, 15) is 9.59 Å². The Morgan fingerprint density at radius 3 is 2.73 bits per heavy atom. The maximum atomic E-state index is 12.3. The van der Waals surface area contributed by atoms with Gasteiger partial charge in [-0.3, -0.25) is 9.59 Å². The van der Waals surface area contributed by atoms with Crippen molar-refractivity contribution in [3.8, 4) is 0 Å². The maximum Gasteiger partial charge on any atom is 0.268 e. The fourth-order valence-electron chi connectivity index (χ4n) is 2.16. The van der Waals surface area contributed by atoms with Crippen LogP contribution in [-0.2, 0) is 17.9 Å². The van der Waals surface area contributed by atoms with Crippen molar-refractivity contribution < 1.29 is 9.59 Å². The van der Waals surface area contributed by atoms with Gasteiger partial charge in [0.1, 0.15) is 5.69 Å². The minimum absolute atomic E-state index is 0.119. The summed E-state index contributed by atoms with van der Waals surface area (Å²) in [5, 5.41) is 5.61. The topological polar surface area (TPSA) is 63.1 Å². The van der Waals surface area contributed by atoms with Gasteiger partial charge in [-0.15, -0.1) is 0 Å². The number of carbonyl (C=O) groups is 2. The highest BCUT2D eigenvalue weighted by Gasteiger charge is 2.11. The molecule has 22 heavy (non-hydrogen) atoms. The third kappa shape index (κ3) is 4.21. The Hall–Kier alpha value is -2.08. The van der Waals surface area contributed by atoms with Crippen LogP contribution in [0.3, 0.4) is 0 Å². The third-order valence-electron chi connectivity index (χ3n) is 3.14. The molecule has 116 valence electrons. The van der Waals surface area contributed by atoms with E-state index in [0.717, 1.165) is 22.3 Å². The van der Waals surface area contributed by atoms with Gasteiger partial charge in [0.05, 0.1) is 0 Å². The lowest BCUT2D eigenvalue weighted by Gasteiger charge is -2.09. The molecule has 0 unspecified atom stereocenters. The first-order valence-corrected chi connectivity index (χ1v) is 7.79. The van der Waals surface area contributed by atoms with Crippen molar-refractivity contribution in [2.75, 3.05) is 5.32 Å². The van der Waals surface area contributed by atoms with Gasteiger partial charge >= 0.3 is 0 Å². The molecular weight excluding hydrogens is 346 g/mol.